The van der Waals surface area contributed by atoms with Crippen LogP contribution < -0.4 is 5.32 Å². The van der Waals surface area contributed by atoms with E-state index in [0.717, 1.165) is 26.2 Å². The van der Waals surface area contributed by atoms with Gasteiger partial charge in [-0.1, -0.05) is 0 Å². The summed E-state index contributed by atoms with van der Waals surface area (Å²) < 4.78 is 0. The van der Waals surface area contributed by atoms with E-state index in [1.807, 2.05) is 23.6 Å². The Labute approximate surface area is 122 Å². The van der Waals surface area contributed by atoms with Crippen molar-refractivity contribution < 1.29 is 9.59 Å². The predicted octanol–water partition coefficient (Wildman–Crippen LogP) is 1.23. The van der Waals surface area contributed by atoms with Gasteiger partial charge in [-0.25, -0.2) is 0 Å². The van der Waals surface area contributed by atoms with Crippen LogP contribution in [-0.4, -0.2) is 59.9 Å². The molecule has 0 aromatic rings. The normalized spacial score (nSPS) is 22.7. The first-order valence-electron chi connectivity index (χ1n) is 7.81. The van der Waals surface area contributed by atoms with Crippen LogP contribution in [0.3, 0.4) is 0 Å². The number of hydrogen-bond acceptors (Lipinski definition) is 3. The number of nitrogens with one attached hydrogen (secondary N) is 1. The monoisotopic (exact) mass is 283 g/mol. The molecule has 1 heterocycles. The van der Waals surface area contributed by atoms with E-state index in [1.54, 1.807) is 0 Å². The Bertz CT molecular complexity index is 329. The first-order chi connectivity index (χ1) is 9.51. The molecule has 2 amide bonds. The van der Waals surface area contributed by atoms with Gasteiger partial charge in [0.15, 0.2) is 0 Å². The fraction of sp³-hybridized carbons (Fsp3) is 0.867. The number of amides is 2. The third kappa shape index (κ3) is 4.47. The Morgan fingerprint density at radius 3 is 2.45 bits per heavy atom. The third-order valence-corrected chi connectivity index (χ3v) is 4.25. The summed E-state index contributed by atoms with van der Waals surface area (Å²) in [4.78, 5) is 27.9. The minimum Gasteiger partial charge on any atom is -0.343 e. The molecule has 116 valence electrons. The van der Waals surface area contributed by atoms with Crippen molar-refractivity contribution >= 4 is 11.8 Å². The van der Waals surface area contributed by atoms with Crippen LogP contribution in [0, 0.1) is 0 Å². The van der Waals surface area contributed by atoms with Gasteiger partial charge in [0.2, 0.25) is 11.8 Å². The average Bonchev–Trinajstić information content (AvgIpc) is 2.43. The van der Waals surface area contributed by atoms with Gasteiger partial charge in [-0.3, -0.25) is 9.59 Å². The standard InChI is InChI=1S/C15H29N3O2/c1-5-17(6-2)14(19)8-7-9-15(20)18-11-10-16-12(3)13(18)4/h12-13,16H,5-11H2,1-4H3. The second kappa shape index (κ2) is 8.25. The van der Waals surface area contributed by atoms with Crippen LogP contribution >= 0.6 is 0 Å². The summed E-state index contributed by atoms with van der Waals surface area (Å²) >= 11 is 0. The lowest BCUT2D eigenvalue weighted by atomic mass is 10.1. The fourth-order valence-electron chi connectivity index (χ4n) is 2.68. The lowest BCUT2D eigenvalue weighted by Crippen LogP contribution is -2.57. The van der Waals surface area contributed by atoms with Crippen LogP contribution in [0.5, 0.6) is 0 Å². The lowest BCUT2D eigenvalue weighted by molar-refractivity contribution is -0.135. The Morgan fingerprint density at radius 2 is 1.85 bits per heavy atom. The highest BCUT2D eigenvalue weighted by molar-refractivity contribution is 5.79. The van der Waals surface area contributed by atoms with Crippen LogP contribution in [0.2, 0.25) is 0 Å². The zero-order chi connectivity index (χ0) is 15.1. The highest BCUT2D eigenvalue weighted by Gasteiger charge is 2.27. The zero-order valence-corrected chi connectivity index (χ0v) is 13.3. The minimum absolute atomic E-state index is 0.157. The Hall–Kier alpha value is -1.10. The van der Waals surface area contributed by atoms with Gasteiger partial charge in [0.05, 0.1) is 0 Å². The first kappa shape index (κ1) is 17.0. The largest absolute Gasteiger partial charge is 0.343 e. The smallest absolute Gasteiger partial charge is 0.222 e. The van der Waals surface area contributed by atoms with Gasteiger partial charge in [0.25, 0.3) is 0 Å². The molecule has 2 atom stereocenters. The van der Waals surface area contributed by atoms with Crippen molar-refractivity contribution in [3.8, 4) is 0 Å². The van der Waals surface area contributed by atoms with E-state index in [1.165, 1.54) is 0 Å². The molecular formula is C15H29N3O2. The van der Waals surface area contributed by atoms with E-state index in [2.05, 4.69) is 19.2 Å². The highest BCUT2D eigenvalue weighted by atomic mass is 16.2. The van der Waals surface area contributed by atoms with E-state index >= 15 is 0 Å². The summed E-state index contributed by atoms with van der Waals surface area (Å²) in [6.45, 7) is 11.3. The van der Waals surface area contributed by atoms with Gasteiger partial charge in [0.1, 0.15) is 0 Å². The van der Waals surface area contributed by atoms with Gasteiger partial charge < -0.3 is 15.1 Å². The average molecular weight is 283 g/mol. The van der Waals surface area contributed by atoms with Crippen molar-refractivity contribution in [3.05, 3.63) is 0 Å². The summed E-state index contributed by atoms with van der Waals surface area (Å²) in [6.07, 6.45) is 1.60. The van der Waals surface area contributed by atoms with Crippen molar-refractivity contribution in [2.75, 3.05) is 26.2 Å². The molecule has 1 rings (SSSR count). The molecule has 0 saturated carbocycles. The molecule has 2 unspecified atom stereocenters. The summed E-state index contributed by atoms with van der Waals surface area (Å²) in [6, 6.07) is 0.569. The maximum Gasteiger partial charge on any atom is 0.222 e. The van der Waals surface area contributed by atoms with Gasteiger partial charge in [0, 0.05) is 51.1 Å². The first-order valence-corrected chi connectivity index (χ1v) is 7.81. The highest BCUT2D eigenvalue weighted by Crippen LogP contribution is 2.12. The summed E-state index contributed by atoms with van der Waals surface area (Å²) in [5.41, 5.74) is 0. The maximum atomic E-state index is 12.2. The zero-order valence-electron chi connectivity index (χ0n) is 13.3. The molecule has 0 aromatic carbocycles. The van der Waals surface area contributed by atoms with Gasteiger partial charge >= 0.3 is 0 Å². The molecule has 0 bridgehead atoms. The van der Waals surface area contributed by atoms with E-state index < -0.39 is 0 Å². The Morgan fingerprint density at radius 1 is 1.20 bits per heavy atom. The molecule has 0 aromatic heterocycles. The topological polar surface area (TPSA) is 52.7 Å². The summed E-state index contributed by atoms with van der Waals surface area (Å²) in [5, 5.41) is 3.37. The molecule has 1 aliphatic rings. The second-order valence-electron chi connectivity index (χ2n) is 5.49. The van der Waals surface area contributed by atoms with Crippen molar-refractivity contribution in [1.82, 2.24) is 15.1 Å². The molecular weight excluding hydrogens is 254 g/mol. The van der Waals surface area contributed by atoms with E-state index in [4.69, 9.17) is 0 Å². The predicted molar refractivity (Wildman–Crippen MR) is 80.4 cm³/mol. The number of hydrogen-bond donors (Lipinski definition) is 1. The van der Waals surface area contributed by atoms with Crippen LogP contribution in [0.4, 0.5) is 0 Å². The number of carbonyl (C=O) groups is 2. The third-order valence-electron chi connectivity index (χ3n) is 4.25. The van der Waals surface area contributed by atoms with Crippen LogP contribution in [0.1, 0.15) is 47.0 Å². The van der Waals surface area contributed by atoms with Crippen molar-refractivity contribution in [2.24, 2.45) is 0 Å². The summed E-state index contributed by atoms with van der Waals surface area (Å²) in [7, 11) is 0. The Balaban J connectivity index is 2.34. The van der Waals surface area contributed by atoms with Gasteiger partial charge in [-0.2, -0.15) is 0 Å². The quantitative estimate of drug-likeness (QED) is 0.798. The molecule has 1 fully saturated rings. The van der Waals surface area contributed by atoms with Crippen molar-refractivity contribution in [2.45, 2.75) is 59.0 Å². The molecule has 5 nitrogen and oxygen atoms in total. The molecule has 1 N–H and O–H groups in total. The Kier molecular flexibility index (Phi) is 6.99. The molecule has 0 radical (unpaired) electrons. The number of carbonyl (C=O) groups excluding carboxylic acids is 2. The van der Waals surface area contributed by atoms with E-state index in [-0.39, 0.29) is 17.9 Å². The van der Waals surface area contributed by atoms with Crippen molar-refractivity contribution in [1.29, 1.82) is 0 Å². The lowest BCUT2D eigenvalue weighted by Gasteiger charge is -2.38. The SMILES string of the molecule is CCN(CC)C(=O)CCCC(=O)N1CCNC(C)C1C. The van der Waals surface area contributed by atoms with Crippen LogP contribution in [0.25, 0.3) is 0 Å². The van der Waals surface area contributed by atoms with E-state index in [9.17, 15) is 9.59 Å². The molecule has 1 aliphatic heterocycles. The van der Waals surface area contributed by atoms with Gasteiger partial charge in [-0.05, 0) is 34.1 Å². The molecule has 1 saturated heterocycles. The number of piperazine rings is 1. The number of rotatable bonds is 6. The molecule has 0 aliphatic carbocycles. The minimum atomic E-state index is 0.157. The fourth-order valence-corrected chi connectivity index (χ4v) is 2.68. The maximum absolute atomic E-state index is 12.2. The number of nitrogens with zero attached hydrogens (tertiary/aromatic N) is 2. The van der Waals surface area contributed by atoms with Crippen LogP contribution in [-0.2, 0) is 9.59 Å². The van der Waals surface area contributed by atoms with Gasteiger partial charge in [-0.15, -0.1) is 0 Å². The van der Waals surface area contributed by atoms with Crippen molar-refractivity contribution in [3.63, 3.8) is 0 Å². The molecule has 5 heteroatoms. The molecule has 20 heavy (non-hydrogen) atoms. The second-order valence-corrected chi connectivity index (χ2v) is 5.49. The van der Waals surface area contributed by atoms with E-state index in [0.29, 0.717) is 25.3 Å². The van der Waals surface area contributed by atoms with Crippen LogP contribution in [0.15, 0.2) is 0 Å². The molecule has 0 spiro atoms. The summed E-state index contributed by atoms with van der Waals surface area (Å²) in [5.74, 6) is 0.336.